The SMILES string of the molecule is Cc1ccc(F)c(C=O)c1C(O)C(O)C(N)=O. The molecule has 1 aromatic carbocycles. The van der Waals surface area contributed by atoms with Crippen LogP contribution in [-0.4, -0.2) is 28.5 Å². The number of halogens is 1. The van der Waals surface area contributed by atoms with Gasteiger partial charge in [0.1, 0.15) is 11.9 Å². The third-order valence-electron chi connectivity index (χ3n) is 2.46. The van der Waals surface area contributed by atoms with E-state index in [0.29, 0.717) is 5.56 Å². The summed E-state index contributed by atoms with van der Waals surface area (Å²) in [6.45, 7) is 1.51. The molecular formula is C11H12FNO4. The predicted octanol–water partition coefficient (Wildman–Crippen LogP) is -0.174. The van der Waals surface area contributed by atoms with Crippen molar-refractivity contribution in [3.8, 4) is 0 Å². The number of carbonyl (C=O) groups excluding carboxylic acids is 2. The lowest BCUT2D eigenvalue weighted by molar-refractivity contribution is -0.132. The molecule has 0 fully saturated rings. The third kappa shape index (κ3) is 2.48. The van der Waals surface area contributed by atoms with E-state index in [1.54, 1.807) is 0 Å². The molecular weight excluding hydrogens is 229 g/mol. The molecule has 6 heteroatoms. The van der Waals surface area contributed by atoms with Gasteiger partial charge in [0.05, 0.1) is 5.56 Å². The summed E-state index contributed by atoms with van der Waals surface area (Å²) in [6, 6.07) is 2.39. The molecule has 4 N–H and O–H groups in total. The van der Waals surface area contributed by atoms with E-state index in [-0.39, 0.29) is 11.8 Å². The first-order valence-corrected chi connectivity index (χ1v) is 4.79. The van der Waals surface area contributed by atoms with Crippen LogP contribution in [0.25, 0.3) is 0 Å². The van der Waals surface area contributed by atoms with Crippen LogP contribution in [0.3, 0.4) is 0 Å². The zero-order valence-corrected chi connectivity index (χ0v) is 9.05. The molecule has 1 amide bonds. The Bertz CT molecular complexity index is 461. The molecule has 1 rings (SSSR count). The number of aliphatic hydroxyl groups is 2. The smallest absolute Gasteiger partial charge is 0.249 e. The molecule has 92 valence electrons. The average Bonchev–Trinajstić information content (AvgIpc) is 2.29. The number of hydrogen-bond acceptors (Lipinski definition) is 4. The predicted molar refractivity (Wildman–Crippen MR) is 56.7 cm³/mol. The number of hydrogen-bond donors (Lipinski definition) is 3. The van der Waals surface area contributed by atoms with Crippen molar-refractivity contribution in [2.24, 2.45) is 5.73 Å². The molecule has 0 aliphatic rings. The Kier molecular flexibility index (Phi) is 3.93. The fourth-order valence-electron chi connectivity index (χ4n) is 1.54. The van der Waals surface area contributed by atoms with Gasteiger partial charge >= 0.3 is 0 Å². The topological polar surface area (TPSA) is 101 Å². The Balaban J connectivity index is 3.34. The summed E-state index contributed by atoms with van der Waals surface area (Å²) < 4.78 is 13.3. The van der Waals surface area contributed by atoms with Gasteiger partial charge in [0.15, 0.2) is 12.4 Å². The second-order valence-electron chi connectivity index (χ2n) is 3.60. The highest BCUT2D eigenvalue weighted by molar-refractivity contribution is 5.82. The van der Waals surface area contributed by atoms with Crippen LogP contribution >= 0.6 is 0 Å². The van der Waals surface area contributed by atoms with E-state index in [1.165, 1.54) is 13.0 Å². The first-order valence-electron chi connectivity index (χ1n) is 4.79. The van der Waals surface area contributed by atoms with Gasteiger partial charge in [0.2, 0.25) is 5.91 Å². The number of aryl methyl sites for hydroxylation is 1. The average molecular weight is 241 g/mol. The van der Waals surface area contributed by atoms with Gasteiger partial charge in [-0.15, -0.1) is 0 Å². The fraction of sp³-hybridized carbons (Fsp3) is 0.273. The summed E-state index contributed by atoms with van der Waals surface area (Å²) >= 11 is 0. The van der Waals surface area contributed by atoms with Gasteiger partial charge in [-0.2, -0.15) is 0 Å². The maximum atomic E-state index is 13.3. The highest BCUT2D eigenvalue weighted by atomic mass is 19.1. The number of aldehydes is 1. The van der Waals surface area contributed by atoms with Crippen molar-refractivity contribution >= 4 is 12.2 Å². The maximum absolute atomic E-state index is 13.3. The van der Waals surface area contributed by atoms with Gasteiger partial charge in [-0.3, -0.25) is 9.59 Å². The van der Waals surface area contributed by atoms with Gasteiger partial charge in [-0.05, 0) is 24.1 Å². The lowest BCUT2D eigenvalue weighted by Crippen LogP contribution is -2.34. The Morgan fingerprint density at radius 3 is 2.53 bits per heavy atom. The van der Waals surface area contributed by atoms with E-state index in [9.17, 15) is 24.2 Å². The van der Waals surface area contributed by atoms with E-state index in [4.69, 9.17) is 5.73 Å². The molecule has 17 heavy (non-hydrogen) atoms. The molecule has 0 spiro atoms. The number of rotatable bonds is 4. The third-order valence-corrected chi connectivity index (χ3v) is 2.46. The van der Waals surface area contributed by atoms with E-state index >= 15 is 0 Å². The quantitative estimate of drug-likeness (QED) is 0.637. The summed E-state index contributed by atoms with van der Waals surface area (Å²) in [5.74, 6) is -1.99. The highest BCUT2D eigenvalue weighted by Crippen LogP contribution is 2.25. The van der Waals surface area contributed by atoms with Gasteiger partial charge in [0.25, 0.3) is 0 Å². The number of benzene rings is 1. The molecule has 2 unspecified atom stereocenters. The van der Waals surface area contributed by atoms with Crippen molar-refractivity contribution in [2.75, 3.05) is 0 Å². The molecule has 0 heterocycles. The second-order valence-corrected chi connectivity index (χ2v) is 3.60. The summed E-state index contributed by atoms with van der Waals surface area (Å²) in [4.78, 5) is 21.5. The largest absolute Gasteiger partial charge is 0.385 e. The Morgan fingerprint density at radius 2 is 2.06 bits per heavy atom. The molecule has 0 aliphatic heterocycles. The summed E-state index contributed by atoms with van der Waals surface area (Å²) in [5, 5.41) is 19.0. The number of amides is 1. The minimum atomic E-state index is -1.89. The minimum absolute atomic E-state index is 0.133. The number of carbonyl (C=O) groups is 2. The van der Waals surface area contributed by atoms with E-state index in [0.717, 1.165) is 6.07 Å². The van der Waals surface area contributed by atoms with Crippen LogP contribution in [0.5, 0.6) is 0 Å². The fourth-order valence-corrected chi connectivity index (χ4v) is 1.54. The Labute approximate surface area is 96.7 Å². The van der Waals surface area contributed by atoms with Crippen molar-refractivity contribution in [3.05, 3.63) is 34.6 Å². The zero-order chi connectivity index (χ0) is 13.2. The van der Waals surface area contributed by atoms with E-state index < -0.39 is 29.5 Å². The van der Waals surface area contributed by atoms with Gasteiger partial charge in [0, 0.05) is 0 Å². The van der Waals surface area contributed by atoms with Crippen LogP contribution in [0, 0.1) is 12.7 Å². The molecule has 2 atom stereocenters. The van der Waals surface area contributed by atoms with Crippen molar-refractivity contribution in [3.63, 3.8) is 0 Å². The lowest BCUT2D eigenvalue weighted by Gasteiger charge is -2.19. The normalized spacial score (nSPS) is 14.1. The molecule has 0 aliphatic carbocycles. The Morgan fingerprint density at radius 1 is 1.47 bits per heavy atom. The van der Waals surface area contributed by atoms with Crippen molar-refractivity contribution in [1.82, 2.24) is 0 Å². The van der Waals surface area contributed by atoms with E-state index in [2.05, 4.69) is 0 Å². The number of aliphatic hydroxyl groups excluding tert-OH is 2. The first kappa shape index (κ1) is 13.3. The van der Waals surface area contributed by atoms with Crippen molar-refractivity contribution in [2.45, 2.75) is 19.1 Å². The van der Waals surface area contributed by atoms with Crippen LogP contribution in [0.1, 0.15) is 27.6 Å². The second kappa shape index (κ2) is 5.03. The summed E-state index contributed by atoms with van der Waals surface area (Å²) in [7, 11) is 0. The molecule has 0 aromatic heterocycles. The monoisotopic (exact) mass is 241 g/mol. The first-order chi connectivity index (χ1) is 7.90. The van der Waals surface area contributed by atoms with E-state index in [1.807, 2.05) is 0 Å². The summed E-state index contributed by atoms with van der Waals surface area (Å²) in [5.41, 5.74) is 4.68. The lowest BCUT2D eigenvalue weighted by atomic mass is 9.94. The van der Waals surface area contributed by atoms with Crippen molar-refractivity contribution < 1.29 is 24.2 Å². The summed E-state index contributed by atoms with van der Waals surface area (Å²) in [6.07, 6.45) is -3.41. The highest BCUT2D eigenvalue weighted by Gasteiger charge is 2.28. The van der Waals surface area contributed by atoms with Crippen LogP contribution < -0.4 is 5.73 Å². The van der Waals surface area contributed by atoms with Crippen LogP contribution in [-0.2, 0) is 4.79 Å². The maximum Gasteiger partial charge on any atom is 0.249 e. The zero-order valence-electron chi connectivity index (χ0n) is 9.05. The molecule has 0 saturated heterocycles. The molecule has 0 saturated carbocycles. The molecule has 0 radical (unpaired) electrons. The number of nitrogens with two attached hydrogens (primary N) is 1. The molecule has 0 bridgehead atoms. The van der Waals surface area contributed by atoms with Crippen molar-refractivity contribution in [1.29, 1.82) is 0 Å². The Hall–Kier alpha value is -1.79. The minimum Gasteiger partial charge on any atom is -0.385 e. The molecule has 5 nitrogen and oxygen atoms in total. The standard InChI is InChI=1S/C11H12FNO4/c1-5-2-3-7(12)6(4-14)8(5)9(15)10(16)11(13)17/h2-4,9-10,15-16H,1H3,(H2,13,17). The van der Waals surface area contributed by atoms with Crippen LogP contribution in [0.2, 0.25) is 0 Å². The van der Waals surface area contributed by atoms with Crippen LogP contribution in [0.4, 0.5) is 4.39 Å². The van der Waals surface area contributed by atoms with Gasteiger partial charge in [-0.1, -0.05) is 6.07 Å². The number of primary amides is 1. The van der Waals surface area contributed by atoms with Crippen LogP contribution in [0.15, 0.2) is 12.1 Å². The van der Waals surface area contributed by atoms with Gasteiger partial charge < -0.3 is 15.9 Å². The van der Waals surface area contributed by atoms with Gasteiger partial charge in [-0.25, -0.2) is 4.39 Å². The molecule has 1 aromatic rings.